The van der Waals surface area contributed by atoms with E-state index in [0.717, 1.165) is 0 Å². The molecule has 1 aromatic rings. The number of carbonyl (C=O) groups is 2. The van der Waals surface area contributed by atoms with E-state index in [1.807, 2.05) is 27.7 Å². The number of cyclic esters (lactones) is 1. The van der Waals surface area contributed by atoms with E-state index in [0.29, 0.717) is 18.7 Å². The third kappa shape index (κ3) is 9.43. The number of ether oxygens (including phenoxy) is 4. The maximum atomic E-state index is 13.9. The summed E-state index contributed by atoms with van der Waals surface area (Å²) in [6.07, 6.45) is -0.665. The number of nitrogens with one attached hydrogen (secondary N) is 2. The number of hydrogen-bond acceptors (Lipinski definition) is 11. The maximum absolute atomic E-state index is 13.9. The van der Waals surface area contributed by atoms with Gasteiger partial charge in [0.05, 0.1) is 61.8 Å². The lowest BCUT2D eigenvalue weighted by molar-refractivity contribution is -0.350. The van der Waals surface area contributed by atoms with Crippen molar-refractivity contribution in [2.75, 3.05) is 13.6 Å². The Kier molecular flexibility index (Phi) is 13.0. The summed E-state index contributed by atoms with van der Waals surface area (Å²) in [6.45, 7) is 19.7. The highest BCUT2D eigenvalue weighted by Crippen LogP contribution is 2.46. The first-order valence-electron chi connectivity index (χ1n) is 17.0. The fraction of sp³-hybridized carbons (Fsp3) is 0.848. The molecule has 15 nitrogen and oxygen atoms in total. The van der Waals surface area contributed by atoms with E-state index in [1.54, 1.807) is 31.6 Å². The highest BCUT2D eigenvalue weighted by atomic mass is 16.7. The molecular formula is C33H59N7O8. The van der Waals surface area contributed by atoms with E-state index in [4.69, 9.17) is 24.7 Å². The predicted octanol–water partition coefficient (Wildman–Crippen LogP) is 2.34. The van der Waals surface area contributed by atoms with Crippen LogP contribution in [0.4, 0.5) is 4.79 Å². The lowest BCUT2D eigenvalue weighted by Crippen LogP contribution is -2.60. The van der Waals surface area contributed by atoms with Crippen LogP contribution < -0.4 is 16.4 Å². The van der Waals surface area contributed by atoms with Gasteiger partial charge >= 0.3 is 12.0 Å². The molecule has 2 aliphatic heterocycles. The van der Waals surface area contributed by atoms with Gasteiger partial charge in [-0.2, -0.15) is 0 Å². The Morgan fingerprint density at radius 3 is 2.46 bits per heavy atom. The molecule has 2 bridgehead atoms. The van der Waals surface area contributed by atoms with Crippen molar-refractivity contribution in [1.82, 2.24) is 25.6 Å². The van der Waals surface area contributed by atoms with Crippen LogP contribution in [0.25, 0.3) is 0 Å². The van der Waals surface area contributed by atoms with E-state index in [9.17, 15) is 19.8 Å². The highest BCUT2D eigenvalue weighted by Gasteiger charge is 2.54. The zero-order valence-corrected chi connectivity index (χ0v) is 30.5. The minimum Gasteiger partial charge on any atom is -0.461 e. The number of aliphatic imine (C=N–C) groups is 1. The molecule has 1 aromatic heterocycles. The molecule has 0 spiro atoms. The van der Waals surface area contributed by atoms with Crippen LogP contribution in [0.5, 0.6) is 0 Å². The molecule has 0 saturated carbocycles. The Hall–Kier alpha value is -2.85. The highest BCUT2D eigenvalue weighted by molar-refractivity contribution is 5.95. The van der Waals surface area contributed by atoms with Crippen LogP contribution >= 0.6 is 0 Å². The van der Waals surface area contributed by atoms with Gasteiger partial charge in [-0.25, -0.2) is 4.79 Å². The SMILES string of the molecule is CC[C@H]1OC(=O)[C@H](C)[C@@H](OCc2cn(CCN=C(N)NC(=O)NC)nn2)[C@H](C)[C@@H](O)[C@](C)(O)C[C@@H](C)[C@@H]2OC(C)(C)O[C@H]([C@H]2C)C1(C)C. The first-order valence-corrected chi connectivity index (χ1v) is 17.0. The number of fused-ring (bicyclic) bond motifs is 2. The maximum Gasteiger partial charge on any atom is 0.321 e. The third-order valence-electron chi connectivity index (χ3n) is 9.92. The lowest BCUT2D eigenvalue weighted by Gasteiger charge is -2.54. The summed E-state index contributed by atoms with van der Waals surface area (Å²) >= 11 is 0. The number of nitrogens with two attached hydrogens (primary N) is 1. The summed E-state index contributed by atoms with van der Waals surface area (Å²) in [5, 5.41) is 36.5. The number of esters is 1. The summed E-state index contributed by atoms with van der Waals surface area (Å²) < 4.78 is 27.1. The number of aliphatic hydroxyl groups excluding tert-OH is 1. The molecule has 3 heterocycles. The number of urea groups is 1. The Morgan fingerprint density at radius 1 is 1.17 bits per heavy atom. The van der Waals surface area contributed by atoms with Crippen molar-refractivity contribution in [1.29, 1.82) is 0 Å². The first kappa shape index (κ1) is 39.6. The summed E-state index contributed by atoms with van der Waals surface area (Å²) in [4.78, 5) is 29.3. The second-order valence-corrected chi connectivity index (χ2v) is 14.9. The molecule has 2 amide bonds. The van der Waals surface area contributed by atoms with Crippen molar-refractivity contribution in [3.63, 3.8) is 0 Å². The normalized spacial score (nSPS) is 36.1. The molecular weight excluding hydrogens is 622 g/mol. The van der Waals surface area contributed by atoms with E-state index in [2.05, 4.69) is 46.7 Å². The van der Waals surface area contributed by atoms with E-state index in [1.165, 1.54) is 7.05 Å². The van der Waals surface area contributed by atoms with Crippen molar-refractivity contribution in [2.24, 2.45) is 39.8 Å². The number of nitrogens with zero attached hydrogens (tertiary/aromatic N) is 4. The number of hydrogen-bond donors (Lipinski definition) is 5. The fourth-order valence-corrected chi connectivity index (χ4v) is 7.41. The van der Waals surface area contributed by atoms with Crippen molar-refractivity contribution < 1.29 is 38.7 Å². The second-order valence-electron chi connectivity index (χ2n) is 14.9. The molecule has 0 unspecified atom stereocenters. The quantitative estimate of drug-likeness (QED) is 0.160. The minimum absolute atomic E-state index is 0.0113. The molecule has 0 radical (unpaired) electrons. The Balaban J connectivity index is 1.87. The van der Waals surface area contributed by atoms with Gasteiger partial charge < -0.3 is 40.2 Å². The van der Waals surface area contributed by atoms with Gasteiger partial charge in [0.1, 0.15) is 11.8 Å². The molecule has 15 heteroatoms. The van der Waals surface area contributed by atoms with Gasteiger partial charge in [0.15, 0.2) is 11.7 Å². The molecule has 274 valence electrons. The molecule has 0 aromatic carbocycles. The zero-order chi connectivity index (χ0) is 36.2. The van der Waals surface area contributed by atoms with Gasteiger partial charge in [0.25, 0.3) is 0 Å². The number of aliphatic hydroxyl groups is 2. The summed E-state index contributed by atoms with van der Waals surface area (Å²) in [6, 6.07) is -0.471. The van der Waals surface area contributed by atoms with Crippen LogP contribution in [0.2, 0.25) is 0 Å². The van der Waals surface area contributed by atoms with Gasteiger partial charge in [-0.3, -0.25) is 19.8 Å². The molecule has 0 aliphatic carbocycles. The monoisotopic (exact) mass is 681 g/mol. The number of carbonyl (C=O) groups excluding carboxylic acids is 2. The van der Waals surface area contributed by atoms with Crippen LogP contribution in [0.15, 0.2) is 11.2 Å². The summed E-state index contributed by atoms with van der Waals surface area (Å²) in [5.74, 6) is -3.10. The fourth-order valence-electron chi connectivity index (χ4n) is 7.41. The standard InChI is InChI=1S/C33H59N7O8/c1-12-23-31(6,7)27-20(4)24(47-32(8,9)48-27)18(2)15-33(10,44)26(41)19(3)25(21(5)28(42)46-23)45-17-22-16-40(39-38-22)14-13-36-29(34)37-30(43)35-11/h16,18-21,23-27,41,44H,12-15,17H2,1-11H3,(H4,34,35,36,37,43)/t18-,19+,20+,21-,23-,24+,25+,26-,27-,33-/m1/s1. The molecule has 2 fully saturated rings. The van der Waals surface area contributed by atoms with Gasteiger partial charge in [-0.15, -0.1) is 5.10 Å². The smallest absolute Gasteiger partial charge is 0.321 e. The van der Waals surface area contributed by atoms with Gasteiger partial charge in [-0.1, -0.05) is 46.8 Å². The largest absolute Gasteiger partial charge is 0.461 e. The van der Waals surface area contributed by atoms with Crippen LogP contribution in [0.3, 0.4) is 0 Å². The van der Waals surface area contributed by atoms with Crippen LogP contribution in [0, 0.1) is 29.1 Å². The van der Waals surface area contributed by atoms with Crippen LogP contribution in [-0.4, -0.2) is 98.7 Å². The number of amides is 2. The zero-order valence-electron chi connectivity index (χ0n) is 30.5. The summed E-state index contributed by atoms with van der Waals surface area (Å²) in [7, 11) is 1.47. The Bertz CT molecular complexity index is 1270. The van der Waals surface area contributed by atoms with Crippen LogP contribution in [0.1, 0.15) is 87.8 Å². The van der Waals surface area contributed by atoms with E-state index >= 15 is 0 Å². The van der Waals surface area contributed by atoms with Crippen LogP contribution in [-0.2, 0) is 36.9 Å². The lowest BCUT2D eigenvalue weighted by atomic mass is 9.69. The average molecular weight is 682 g/mol. The van der Waals surface area contributed by atoms with Crippen molar-refractivity contribution >= 4 is 18.0 Å². The molecule has 2 saturated heterocycles. The third-order valence-corrected chi connectivity index (χ3v) is 9.92. The molecule has 48 heavy (non-hydrogen) atoms. The predicted molar refractivity (Wildman–Crippen MR) is 178 cm³/mol. The molecule has 6 N–H and O–H groups in total. The Labute approximate surface area is 284 Å². The van der Waals surface area contributed by atoms with Gasteiger partial charge in [0.2, 0.25) is 0 Å². The number of guanidine groups is 1. The van der Waals surface area contributed by atoms with E-state index in [-0.39, 0.29) is 49.6 Å². The topological polar surface area (TPSA) is 205 Å². The van der Waals surface area contributed by atoms with Gasteiger partial charge in [-0.05, 0) is 46.5 Å². The number of rotatable bonds is 7. The number of aromatic nitrogens is 3. The molecule has 2 aliphatic rings. The van der Waals surface area contributed by atoms with E-state index < -0.39 is 59.0 Å². The molecule has 3 rings (SSSR count). The van der Waals surface area contributed by atoms with Crippen molar-refractivity contribution in [3.05, 3.63) is 11.9 Å². The molecule has 10 atom stereocenters. The first-order chi connectivity index (χ1) is 22.2. The van der Waals surface area contributed by atoms with Crippen molar-refractivity contribution in [2.45, 2.75) is 137 Å². The van der Waals surface area contributed by atoms with Crippen molar-refractivity contribution in [3.8, 4) is 0 Å². The second kappa shape index (κ2) is 15.8. The van der Waals surface area contributed by atoms with Gasteiger partial charge in [0, 0.05) is 24.3 Å². The Morgan fingerprint density at radius 2 is 1.83 bits per heavy atom. The minimum atomic E-state index is -1.53. The average Bonchev–Trinajstić information content (AvgIpc) is 3.46. The summed E-state index contributed by atoms with van der Waals surface area (Å²) in [5.41, 5.74) is 4.08.